The Morgan fingerprint density at radius 3 is 1.78 bits per heavy atom. The lowest BCUT2D eigenvalue weighted by atomic mass is 10.1. The molecule has 0 N–H and O–H groups in total. The second-order valence-corrected chi connectivity index (χ2v) is 12.8. The van der Waals surface area contributed by atoms with Crippen molar-refractivity contribution >= 4 is 65.7 Å². The summed E-state index contributed by atoms with van der Waals surface area (Å²) in [5.74, 6) is 1.76. The third-order valence-corrected chi connectivity index (χ3v) is 9.85. The Bertz CT molecular complexity index is 3140. The first-order chi connectivity index (χ1) is 25.3. The number of benzene rings is 7. The van der Waals surface area contributed by atoms with Gasteiger partial charge < -0.3 is 13.4 Å². The number of hydrogen-bond donors (Lipinski definition) is 0. The fraction of sp³-hybridized carbons (Fsp3) is 0. The summed E-state index contributed by atoms with van der Waals surface area (Å²) in [6.07, 6.45) is 0. The molecule has 0 aliphatic rings. The molecule has 0 spiro atoms. The largest absolute Gasteiger partial charge is 0.456 e. The van der Waals surface area contributed by atoms with Gasteiger partial charge in [0.15, 0.2) is 23.1 Å². The summed E-state index contributed by atoms with van der Waals surface area (Å²) in [4.78, 5) is 15.1. The molecule has 4 aromatic heterocycles. The number of rotatable bonds is 4. The number of aromatic nitrogens is 4. The molecule has 0 aliphatic heterocycles. The molecule has 0 radical (unpaired) electrons. The third-order valence-electron chi connectivity index (χ3n) is 9.85. The van der Waals surface area contributed by atoms with Crippen molar-refractivity contribution in [1.29, 1.82) is 0 Å². The van der Waals surface area contributed by atoms with E-state index in [4.69, 9.17) is 23.8 Å². The molecule has 0 saturated heterocycles. The molecule has 0 amide bonds. The average molecular weight is 655 g/mol. The molecular weight excluding hydrogens is 629 g/mol. The second-order valence-electron chi connectivity index (χ2n) is 12.8. The van der Waals surface area contributed by atoms with Crippen LogP contribution in [0.2, 0.25) is 0 Å². The SMILES string of the molecule is c1ccc(-c2nc(-c3ccc4c(c3)oc3ccccc34)nc(-c3ccc4oc5c(ccc6c7ccccc7n(-c7ccccc7)c65)c4c3)n2)cc1. The maximum Gasteiger partial charge on any atom is 0.164 e. The fourth-order valence-corrected chi connectivity index (χ4v) is 7.48. The van der Waals surface area contributed by atoms with Gasteiger partial charge in [0.25, 0.3) is 0 Å². The first-order valence-electron chi connectivity index (χ1n) is 16.9. The Balaban J connectivity index is 1.12. The van der Waals surface area contributed by atoms with Gasteiger partial charge in [0.05, 0.1) is 11.0 Å². The van der Waals surface area contributed by atoms with Crippen LogP contribution in [0.15, 0.2) is 167 Å². The normalized spacial score (nSPS) is 11.9. The Hall–Kier alpha value is -7.05. The molecule has 0 bridgehead atoms. The zero-order valence-corrected chi connectivity index (χ0v) is 27.1. The van der Waals surface area contributed by atoms with Gasteiger partial charge >= 0.3 is 0 Å². The van der Waals surface area contributed by atoms with Crippen LogP contribution >= 0.6 is 0 Å². The summed E-state index contributed by atoms with van der Waals surface area (Å²) in [6.45, 7) is 0. The van der Waals surface area contributed by atoms with Gasteiger partial charge in [0, 0.05) is 54.7 Å². The maximum atomic E-state index is 6.72. The van der Waals surface area contributed by atoms with Crippen molar-refractivity contribution in [2.45, 2.75) is 0 Å². The molecule has 7 aromatic carbocycles. The minimum absolute atomic E-state index is 0.576. The van der Waals surface area contributed by atoms with Gasteiger partial charge in [0.1, 0.15) is 16.7 Å². The summed E-state index contributed by atoms with van der Waals surface area (Å²) in [5, 5.41) is 6.52. The van der Waals surface area contributed by atoms with E-state index >= 15 is 0 Å². The topological polar surface area (TPSA) is 69.9 Å². The highest BCUT2D eigenvalue weighted by molar-refractivity contribution is 6.21. The zero-order valence-electron chi connectivity index (χ0n) is 27.1. The van der Waals surface area contributed by atoms with Gasteiger partial charge in [-0.3, -0.25) is 0 Å². The highest BCUT2D eigenvalue weighted by atomic mass is 16.3. The van der Waals surface area contributed by atoms with Crippen LogP contribution in [0.3, 0.4) is 0 Å². The molecule has 6 heteroatoms. The summed E-state index contributed by atoms with van der Waals surface area (Å²) >= 11 is 0. The number of para-hydroxylation sites is 3. The molecule has 11 rings (SSSR count). The summed E-state index contributed by atoms with van der Waals surface area (Å²) in [6, 6.07) is 53.9. The van der Waals surface area contributed by atoms with Gasteiger partial charge in [-0.15, -0.1) is 0 Å². The van der Waals surface area contributed by atoms with Crippen LogP contribution in [0.4, 0.5) is 0 Å². The van der Waals surface area contributed by atoms with Crippen molar-refractivity contribution in [3.05, 3.63) is 158 Å². The molecule has 4 heterocycles. The van der Waals surface area contributed by atoms with Gasteiger partial charge in [-0.05, 0) is 60.7 Å². The van der Waals surface area contributed by atoms with Crippen molar-refractivity contribution in [1.82, 2.24) is 19.5 Å². The molecule has 0 aliphatic carbocycles. The van der Waals surface area contributed by atoms with Crippen molar-refractivity contribution in [2.75, 3.05) is 0 Å². The second kappa shape index (κ2) is 10.7. The van der Waals surface area contributed by atoms with Gasteiger partial charge in [-0.25, -0.2) is 15.0 Å². The molecule has 11 aromatic rings. The molecule has 0 saturated carbocycles. The lowest BCUT2D eigenvalue weighted by molar-refractivity contribution is 0.669. The van der Waals surface area contributed by atoms with Crippen LogP contribution in [0, 0.1) is 0 Å². The third kappa shape index (κ3) is 4.26. The van der Waals surface area contributed by atoms with Crippen molar-refractivity contribution in [2.24, 2.45) is 0 Å². The average Bonchev–Trinajstić information content (AvgIpc) is 3.87. The van der Waals surface area contributed by atoms with Crippen LogP contribution in [-0.2, 0) is 0 Å². The Morgan fingerprint density at radius 2 is 0.961 bits per heavy atom. The van der Waals surface area contributed by atoms with E-state index in [1.807, 2.05) is 72.8 Å². The maximum absolute atomic E-state index is 6.72. The summed E-state index contributed by atoms with van der Waals surface area (Å²) in [5.41, 5.74) is 9.22. The van der Waals surface area contributed by atoms with Gasteiger partial charge in [-0.2, -0.15) is 0 Å². The number of hydrogen-bond acceptors (Lipinski definition) is 5. The lowest BCUT2D eigenvalue weighted by Gasteiger charge is -2.08. The first kappa shape index (κ1) is 27.9. The highest BCUT2D eigenvalue weighted by Crippen LogP contribution is 2.41. The summed E-state index contributed by atoms with van der Waals surface area (Å²) in [7, 11) is 0. The van der Waals surface area contributed by atoms with E-state index in [9.17, 15) is 0 Å². The predicted octanol–water partition coefficient (Wildman–Crippen LogP) is 11.8. The van der Waals surface area contributed by atoms with Crippen molar-refractivity contribution in [3.8, 4) is 39.9 Å². The molecule has 0 fully saturated rings. The Morgan fingerprint density at radius 1 is 0.373 bits per heavy atom. The number of nitrogens with zero attached hydrogens (tertiary/aromatic N) is 4. The van der Waals surface area contributed by atoms with E-state index in [0.29, 0.717) is 17.5 Å². The lowest BCUT2D eigenvalue weighted by Crippen LogP contribution is -2.00. The monoisotopic (exact) mass is 654 g/mol. The van der Waals surface area contributed by atoms with Crippen molar-refractivity contribution in [3.63, 3.8) is 0 Å². The van der Waals surface area contributed by atoms with Gasteiger partial charge in [-0.1, -0.05) is 97.1 Å². The van der Waals surface area contributed by atoms with E-state index in [0.717, 1.165) is 82.7 Å². The van der Waals surface area contributed by atoms with Crippen LogP contribution in [-0.4, -0.2) is 19.5 Å². The Labute approximate surface area is 290 Å². The number of fused-ring (bicyclic) bond motifs is 10. The Kier molecular flexibility index (Phi) is 5.86. The molecule has 6 nitrogen and oxygen atoms in total. The standard InChI is InChI=1S/C45H26N4O2/c1-3-11-27(12-4-1)43-46-44(48-45(47-43)29-19-21-33-32-16-8-10-18-38(32)50-40(33)26-29)28-20-24-39-36(25-28)35-23-22-34-31-15-7-9-17-37(31)49(41(34)42(35)51-39)30-13-5-2-6-14-30/h1-26H. The van der Waals surface area contributed by atoms with E-state index in [1.165, 1.54) is 5.39 Å². The number of furan rings is 2. The molecular formula is C45H26N4O2. The van der Waals surface area contributed by atoms with Crippen LogP contribution in [0.1, 0.15) is 0 Å². The highest BCUT2D eigenvalue weighted by Gasteiger charge is 2.20. The minimum Gasteiger partial charge on any atom is -0.456 e. The quantitative estimate of drug-likeness (QED) is 0.189. The van der Waals surface area contributed by atoms with Crippen LogP contribution < -0.4 is 0 Å². The minimum atomic E-state index is 0.576. The molecule has 51 heavy (non-hydrogen) atoms. The van der Waals surface area contributed by atoms with E-state index < -0.39 is 0 Å². The fourth-order valence-electron chi connectivity index (χ4n) is 7.48. The van der Waals surface area contributed by atoms with Gasteiger partial charge in [0.2, 0.25) is 0 Å². The summed E-state index contributed by atoms with van der Waals surface area (Å²) < 4.78 is 15.2. The van der Waals surface area contributed by atoms with Crippen LogP contribution in [0.25, 0.3) is 106 Å². The zero-order chi connectivity index (χ0) is 33.5. The molecule has 0 unspecified atom stereocenters. The first-order valence-corrected chi connectivity index (χ1v) is 16.9. The van der Waals surface area contributed by atoms with Crippen LogP contribution in [0.5, 0.6) is 0 Å². The van der Waals surface area contributed by atoms with E-state index in [1.54, 1.807) is 0 Å². The predicted molar refractivity (Wildman–Crippen MR) is 205 cm³/mol. The molecule has 0 atom stereocenters. The molecule has 238 valence electrons. The smallest absolute Gasteiger partial charge is 0.164 e. The van der Waals surface area contributed by atoms with E-state index in [-0.39, 0.29) is 0 Å². The van der Waals surface area contributed by atoms with E-state index in [2.05, 4.69) is 89.5 Å². The van der Waals surface area contributed by atoms with Crippen molar-refractivity contribution < 1.29 is 8.83 Å².